The summed E-state index contributed by atoms with van der Waals surface area (Å²) < 4.78 is 28.3. The van der Waals surface area contributed by atoms with Crippen molar-refractivity contribution in [2.45, 2.75) is 45.9 Å². The molecule has 0 saturated carbocycles. The summed E-state index contributed by atoms with van der Waals surface area (Å²) in [7, 11) is 3.26. The monoisotopic (exact) mass is 514 g/mol. The Kier molecular flexibility index (Phi) is 11.5. The van der Waals surface area contributed by atoms with Crippen LogP contribution >= 0.6 is 0 Å². The van der Waals surface area contributed by atoms with E-state index in [1.807, 2.05) is 49.9 Å². The fraction of sp³-hybridized carbons (Fsp3) is 0.552. The highest BCUT2D eigenvalue weighted by molar-refractivity contribution is 5.95. The van der Waals surface area contributed by atoms with E-state index in [2.05, 4.69) is 5.32 Å². The molecule has 1 aliphatic rings. The number of benzene rings is 2. The van der Waals surface area contributed by atoms with Gasteiger partial charge < -0.3 is 33.9 Å². The number of methoxy groups -OCH3 is 2. The molecule has 0 spiro atoms. The van der Waals surface area contributed by atoms with E-state index in [1.165, 1.54) is 0 Å². The fourth-order valence-electron chi connectivity index (χ4n) is 4.44. The van der Waals surface area contributed by atoms with E-state index in [0.29, 0.717) is 50.0 Å². The van der Waals surface area contributed by atoms with E-state index in [0.717, 1.165) is 30.8 Å². The van der Waals surface area contributed by atoms with Crippen LogP contribution in [0.25, 0.3) is 0 Å². The lowest BCUT2D eigenvalue weighted by Crippen LogP contribution is -2.43. The largest absolute Gasteiger partial charge is 0.494 e. The molecule has 1 N–H and O–H groups in total. The molecule has 204 valence electrons. The lowest BCUT2D eigenvalue weighted by Gasteiger charge is -2.31. The molecule has 1 saturated heterocycles. The number of hydrogen-bond donors (Lipinski definition) is 1. The number of amides is 1. The molecule has 0 aliphatic carbocycles. The van der Waals surface area contributed by atoms with Gasteiger partial charge in [0.1, 0.15) is 5.75 Å². The van der Waals surface area contributed by atoms with Gasteiger partial charge in [0.25, 0.3) is 5.91 Å². The smallest absolute Gasteiger partial charge is 0.254 e. The van der Waals surface area contributed by atoms with Gasteiger partial charge in [0.05, 0.1) is 33.0 Å². The number of ether oxygens (including phenoxy) is 5. The van der Waals surface area contributed by atoms with Crippen LogP contribution in [0.1, 0.15) is 43.1 Å². The Labute approximate surface area is 221 Å². The van der Waals surface area contributed by atoms with Crippen molar-refractivity contribution in [2.75, 3.05) is 53.7 Å². The van der Waals surface area contributed by atoms with Crippen LogP contribution in [0.5, 0.6) is 17.2 Å². The van der Waals surface area contributed by atoms with Crippen LogP contribution in [-0.4, -0.2) is 76.6 Å². The van der Waals surface area contributed by atoms with Gasteiger partial charge in [0.2, 0.25) is 0 Å². The highest BCUT2D eigenvalue weighted by Crippen LogP contribution is 2.29. The zero-order valence-electron chi connectivity index (χ0n) is 22.8. The van der Waals surface area contributed by atoms with Crippen molar-refractivity contribution < 1.29 is 28.5 Å². The van der Waals surface area contributed by atoms with Crippen molar-refractivity contribution in [2.24, 2.45) is 5.92 Å². The summed E-state index contributed by atoms with van der Waals surface area (Å²) in [5, 5.41) is 3.44. The molecule has 8 heteroatoms. The maximum Gasteiger partial charge on any atom is 0.254 e. The molecule has 0 aromatic heterocycles. The van der Waals surface area contributed by atoms with Gasteiger partial charge in [-0.05, 0) is 56.7 Å². The first-order valence-corrected chi connectivity index (χ1v) is 13.1. The molecule has 0 radical (unpaired) electrons. The van der Waals surface area contributed by atoms with E-state index >= 15 is 0 Å². The van der Waals surface area contributed by atoms with Gasteiger partial charge >= 0.3 is 0 Å². The van der Waals surface area contributed by atoms with Crippen LogP contribution in [-0.2, 0) is 16.1 Å². The third kappa shape index (κ3) is 8.35. The van der Waals surface area contributed by atoms with Crippen LogP contribution < -0.4 is 19.5 Å². The maximum atomic E-state index is 13.6. The van der Waals surface area contributed by atoms with Crippen LogP contribution in [0.3, 0.4) is 0 Å². The summed E-state index contributed by atoms with van der Waals surface area (Å²) in [4.78, 5) is 15.5. The lowest BCUT2D eigenvalue weighted by atomic mass is 10.0. The fourth-order valence-corrected chi connectivity index (χ4v) is 4.44. The Bertz CT molecular complexity index is 983. The van der Waals surface area contributed by atoms with Crippen LogP contribution in [0.15, 0.2) is 42.5 Å². The van der Waals surface area contributed by atoms with Gasteiger partial charge in [-0.3, -0.25) is 4.79 Å². The second-order valence-corrected chi connectivity index (χ2v) is 9.46. The molecule has 1 heterocycles. The summed E-state index contributed by atoms with van der Waals surface area (Å²) >= 11 is 0. The van der Waals surface area contributed by atoms with Gasteiger partial charge in [-0.2, -0.15) is 0 Å². The third-order valence-corrected chi connectivity index (χ3v) is 6.43. The first-order chi connectivity index (χ1) is 18.0. The minimum Gasteiger partial charge on any atom is -0.494 e. The van der Waals surface area contributed by atoms with Crippen molar-refractivity contribution >= 4 is 5.91 Å². The first kappa shape index (κ1) is 28.8. The topological polar surface area (TPSA) is 78.5 Å². The molecule has 1 aliphatic heterocycles. The number of rotatable bonds is 15. The second kappa shape index (κ2) is 14.8. The average Bonchev–Trinajstić information content (AvgIpc) is 3.35. The third-order valence-electron chi connectivity index (χ3n) is 6.43. The van der Waals surface area contributed by atoms with Crippen molar-refractivity contribution in [1.29, 1.82) is 0 Å². The number of nitrogens with one attached hydrogen (secondary N) is 1. The zero-order chi connectivity index (χ0) is 26.6. The molecular formula is C29H42N2O6. The zero-order valence-corrected chi connectivity index (χ0v) is 22.8. The Hall–Kier alpha value is -2.81. The molecule has 8 nitrogen and oxygen atoms in total. The van der Waals surface area contributed by atoms with Gasteiger partial charge in [-0.15, -0.1) is 0 Å². The summed E-state index contributed by atoms with van der Waals surface area (Å²) in [5.74, 6) is 2.17. The van der Waals surface area contributed by atoms with Crippen LogP contribution in [0.2, 0.25) is 0 Å². The number of nitrogens with zero attached hydrogens (tertiary/aromatic N) is 1. The standard InChI is InChI=1S/C29H42N2O6/c1-6-35-25-10-7-9-22(15-25)20-37-28-18-30-17-24(28)19-31(21(2)3)29(32)23-11-12-26(34-5)27(16-23)36-14-8-13-33-4/h7,9-12,15-16,21,24,28,30H,6,8,13-14,17-20H2,1-5H3. The van der Waals surface area contributed by atoms with E-state index in [1.54, 1.807) is 32.4 Å². The summed E-state index contributed by atoms with van der Waals surface area (Å²) in [6.07, 6.45) is 0.766. The van der Waals surface area contributed by atoms with Crippen molar-refractivity contribution in [3.8, 4) is 17.2 Å². The van der Waals surface area contributed by atoms with Crippen molar-refractivity contribution in [3.05, 3.63) is 53.6 Å². The number of carbonyl (C=O) groups excluding carboxylic acids is 1. The van der Waals surface area contributed by atoms with Gasteiger partial charge in [0.15, 0.2) is 11.5 Å². The van der Waals surface area contributed by atoms with E-state index < -0.39 is 0 Å². The summed E-state index contributed by atoms with van der Waals surface area (Å²) in [6, 6.07) is 13.4. The minimum atomic E-state index is -0.0329. The molecule has 2 atom stereocenters. The second-order valence-electron chi connectivity index (χ2n) is 9.46. The lowest BCUT2D eigenvalue weighted by molar-refractivity contribution is 0.0128. The van der Waals surface area contributed by atoms with E-state index in [9.17, 15) is 4.79 Å². The minimum absolute atomic E-state index is 0.0142. The number of hydrogen-bond acceptors (Lipinski definition) is 7. The molecule has 1 fully saturated rings. The Morgan fingerprint density at radius 3 is 2.62 bits per heavy atom. The van der Waals surface area contributed by atoms with Crippen molar-refractivity contribution in [3.63, 3.8) is 0 Å². The van der Waals surface area contributed by atoms with E-state index in [-0.39, 0.29) is 24.0 Å². The SMILES string of the molecule is CCOc1cccc(COC2CNCC2CN(C(=O)c2ccc(OC)c(OCCCOC)c2)C(C)C)c1. The van der Waals surface area contributed by atoms with Gasteiger partial charge in [0, 0.05) is 57.3 Å². The summed E-state index contributed by atoms with van der Waals surface area (Å²) in [6.45, 7) is 10.5. The molecule has 2 unspecified atom stereocenters. The van der Waals surface area contributed by atoms with E-state index in [4.69, 9.17) is 23.7 Å². The predicted octanol–water partition coefficient (Wildman–Crippen LogP) is 4.16. The quantitative estimate of drug-likeness (QED) is 0.358. The highest BCUT2D eigenvalue weighted by Gasteiger charge is 2.32. The van der Waals surface area contributed by atoms with Crippen molar-refractivity contribution in [1.82, 2.24) is 10.2 Å². The average molecular weight is 515 g/mol. The maximum absolute atomic E-state index is 13.6. The Morgan fingerprint density at radius 1 is 1.05 bits per heavy atom. The molecule has 1 amide bonds. The molecule has 2 aromatic rings. The highest BCUT2D eigenvalue weighted by atomic mass is 16.5. The Morgan fingerprint density at radius 2 is 1.89 bits per heavy atom. The first-order valence-electron chi connectivity index (χ1n) is 13.1. The van der Waals surface area contributed by atoms with Gasteiger partial charge in [-0.25, -0.2) is 0 Å². The predicted molar refractivity (Wildman–Crippen MR) is 144 cm³/mol. The Balaban J connectivity index is 1.66. The molecular weight excluding hydrogens is 472 g/mol. The van der Waals surface area contributed by atoms with Crippen LogP contribution in [0, 0.1) is 5.92 Å². The molecule has 37 heavy (non-hydrogen) atoms. The van der Waals surface area contributed by atoms with Gasteiger partial charge in [-0.1, -0.05) is 12.1 Å². The molecule has 0 bridgehead atoms. The molecule has 3 rings (SSSR count). The van der Waals surface area contributed by atoms with Crippen LogP contribution in [0.4, 0.5) is 0 Å². The number of carbonyl (C=O) groups is 1. The molecule has 2 aromatic carbocycles. The summed E-state index contributed by atoms with van der Waals surface area (Å²) in [5.41, 5.74) is 1.65. The normalized spacial score (nSPS) is 17.1.